The first-order valence-corrected chi connectivity index (χ1v) is 11.1. The van der Waals surface area contributed by atoms with Crippen LogP contribution in [0.25, 0.3) is 0 Å². The number of carbonyl (C=O) groups is 1. The molecule has 0 spiro atoms. The number of aromatic nitrogens is 1. The first kappa shape index (κ1) is 26.8. The van der Waals surface area contributed by atoms with Crippen molar-refractivity contribution in [2.45, 2.75) is 57.6 Å². The minimum absolute atomic E-state index is 0.0844. The van der Waals surface area contributed by atoms with Gasteiger partial charge in [0.25, 0.3) is 5.91 Å². The Morgan fingerprint density at radius 2 is 2.00 bits per heavy atom. The Balaban J connectivity index is 2.02. The third-order valence-corrected chi connectivity index (χ3v) is 6.51. The van der Waals surface area contributed by atoms with Gasteiger partial charge in [0.15, 0.2) is 5.60 Å². The lowest BCUT2D eigenvalue weighted by atomic mass is 9.76. The third-order valence-electron chi connectivity index (χ3n) is 6.51. The highest BCUT2D eigenvalue weighted by molar-refractivity contribution is 5.95. The molecule has 2 heterocycles. The molecule has 1 fully saturated rings. The van der Waals surface area contributed by atoms with Crippen molar-refractivity contribution in [3.8, 4) is 5.75 Å². The second-order valence-corrected chi connectivity index (χ2v) is 8.64. The Hall–Kier alpha value is -2.76. The fraction of sp³-hybridized carbons (Fsp3) is 0.500. The lowest BCUT2D eigenvalue weighted by Gasteiger charge is -2.32. The van der Waals surface area contributed by atoms with E-state index in [0.717, 1.165) is 13.0 Å². The molecule has 1 aliphatic rings. The molecule has 5 atom stereocenters. The normalized spacial score (nSPS) is 25.4. The summed E-state index contributed by atoms with van der Waals surface area (Å²) in [6.07, 6.45) is -6.38. The predicted molar refractivity (Wildman–Crippen MR) is 118 cm³/mol. The molecule has 1 aliphatic heterocycles. The Labute approximate surface area is 200 Å². The van der Waals surface area contributed by atoms with Crippen LogP contribution in [0, 0.1) is 18.7 Å². The maximum absolute atomic E-state index is 14.3. The van der Waals surface area contributed by atoms with Crippen LogP contribution in [0.5, 0.6) is 5.75 Å². The zero-order valence-corrected chi connectivity index (χ0v) is 19.7. The standard InChI is InChI=1S/C24H28F4N2O5/c1-5-34-20-12(2)16(25)8-7-15(20)19-13(3)23(4,24(26,27)28)35-21(19)22(33)30-14-6-9-17(29-10-14)18(32)11-31/h6-10,13,18-19,21,31-32H,5,11H2,1-4H3,(H,30,33). The molecular weight excluding hydrogens is 472 g/mol. The molecule has 192 valence electrons. The number of aliphatic hydroxyl groups excluding tert-OH is 2. The summed E-state index contributed by atoms with van der Waals surface area (Å²) in [7, 11) is 0. The summed E-state index contributed by atoms with van der Waals surface area (Å²) in [5.74, 6) is -3.68. The molecule has 1 aromatic carbocycles. The van der Waals surface area contributed by atoms with E-state index in [1.165, 1.54) is 38.2 Å². The molecule has 3 N–H and O–H groups in total. The molecule has 0 bridgehead atoms. The Kier molecular flexibility index (Phi) is 7.73. The van der Waals surface area contributed by atoms with Gasteiger partial charge in [-0.1, -0.05) is 13.0 Å². The average Bonchev–Trinajstić information content (AvgIpc) is 3.09. The van der Waals surface area contributed by atoms with Crippen molar-refractivity contribution in [2.75, 3.05) is 18.5 Å². The van der Waals surface area contributed by atoms with E-state index in [4.69, 9.17) is 14.6 Å². The maximum Gasteiger partial charge on any atom is 0.417 e. The van der Waals surface area contributed by atoms with Gasteiger partial charge in [-0.25, -0.2) is 4.39 Å². The first-order chi connectivity index (χ1) is 16.4. The number of pyridine rings is 1. The number of ether oxygens (including phenoxy) is 2. The number of rotatable bonds is 7. The van der Waals surface area contributed by atoms with Crippen molar-refractivity contribution in [2.24, 2.45) is 5.92 Å². The quantitative estimate of drug-likeness (QED) is 0.497. The zero-order valence-electron chi connectivity index (χ0n) is 19.7. The van der Waals surface area contributed by atoms with Gasteiger partial charge in [-0.3, -0.25) is 9.78 Å². The molecule has 0 radical (unpaired) electrons. The predicted octanol–water partition coefficient (Wildman–Crippen LogP) is 4.03. The van der Waals surface area contributed by atoms with Gasteiger partial charge in [0, 0.05) is 23.0 Å². The van der Waals surface area contributed by atoms with Crippen LogP contribution in [0.1, 0.15) is 49.6 Å². The second kappa shape index (κ2) is 10.1. The van der Waals surface area contributed by atoms with Crippen molar-refractivity contribution in [3.05, 3.63) is 53.1 Å². The van der Waals surface area contributed by atoms with Crippen molar-refractivity contribution in [1.82, 2.24) is 4.98 Å². The minimum atomic E-state index is -4.79. The molecule has 3 rings (SSSR count). The summed E-state index contributed by atoms with van der Waals surface area (Å²) in [5, 5.41) is 21.2. The number of alkyl halides is 3. The van der Waals surface area contributed by atoms with Gasteiger partial charge >= 0.3 is 6.18 Å². The number of amides is 1. The first-order valence-electron chi connectivity index (χ1n) is 11.1. The molecule has 1 aromatic heterocycles. The number of hydrogen-bond acceptors (Lipinski definition) is 6. The molecule has 2 aromatic rings. The van der Waals surface area contributed by atoms with Crippen molar-refractivity contribution >= 4 is 11.6 Å². The molecule has 0 aliphatic carbocycles. The SMILES string of the molecule is CCOc1c(C2C(C(=O)Nc3ccc(C(O)CO)nc3)OC(C)(C(F)(F)F)C2C)ccc(F)c1C. The number of aliphatic hydroxyl groups is 2. The fourth-order valence-electron chi connectivity index (χ4n) is 4.29. The molecule has 11 heteroatoms. The Morgan fingerprint density at radius 1 is 1.31 bits per heavy atom. The maximum atomic E-state index is 14.3. The van der Waals surface area contributed by atoms with E-state index in [9.17, 15) is 27.5 Å². The van der Waals surface area contributed by atoms with Crippen LogP contribution in [0.4, 0.5) is 23.2 Å². The molecule has 7 nitrogen and oxygen atoms in total. The molecule has 1 saturated heterocycles. The lowest BCUT2D eigenvalue weighted by Crippen LogP contribution is -2.47. The summed E-state index contributed by atoms with van der Waals surface area (Å²) in [5.41, 5.74) is -1.98. The molecular formula is C24H28F4N2O5. The second-order valence-electron chi connectivity index (χ2n) is 8.64. The van der Waals surface area contributed by atoms with E-state index in [-0.39, 0.29) is 34.9 Å². The highest BCUT2D eigenvalue weighted by Gasteiger charge is 2.65. The average molecular weight is 500 g/mol. The topological polar surface area (TPSA) is 101 Å². The number of halogens is 4. The van der Waals surface area contributed by atoms with Gasteiger partial charge in [0.2, 0.25) is 0 Å². The number of nitrogens with zero attached hydrogens (tertiary/aromatic N) is 1. The summed E-state index contributed by atoms with van der Waals surface area (Å²) in [4.78, 5) is 17.2. The van der Waals surface area contributed by atoms with Gasteiger partial charge in [-0.05, 0) is 39.0 Å². The van der Waals surface area contributed by atoms with E-state index in [1.54, 1.807) is 6.92 Å². The van der Waals surface area contributed by atoms with Crippen molar-refractivity contribution in [1.29, 1.82) is 0 Å². The molecule has 0 saturated carbocycles. The van der Waals surface area contributed by atoms with Crippen LogP contribution < -0.4 is 10.1 Å². The number of hydrogen-bond donors (Lipinski definition) is 3. The highest BCUT2D eigenvalue weighted by Crippen LogP contribution is 2.55. The van der Waals surface area contributed by atoms with Crippen LogP contribution in [-0.2, 0) is 9.53 Å². The highest BCUT2D eigenvalue weighted by atomic mass is 19.4. The number of carbonyl (C=O) groups excluding carboxylic acids is 1. The van der Waals surface area contributed by atoms with E-state index in [1.807, 2.05) is 0 Å². The van der Waals surface area contributed by atoms with E-state index in [2.05, 4.69) is 10.3 Å². The smallest absolute Gasteiger partial charge is 0.417 e. The number of benzene rings is 1. The van der Waals surface area contributed by atoms with Gasteiger partial charge in [-0.15, -0.1) is 0 Å². The van der Waals surface area contributed by atoms with E-state index >= 15 is 0 Å². The fourth-order valence-corrected chi connectivity index (χ4v) is 4.29. The largest absolute Gasteiger partial charge is 0.493 e. The summed E-state index contributed by atoms with van der Waals surface area (Å²) >= 11 is 0. The van der Waals surface area contributed by atoms with Crippen LogP contribution in [0.3, 0.4) is 0 Å². The summed E-state index contributed by atoms with van der Waals surface area (Å²) in [6.45, 7) is 4.94. The molecule has 1 amide bonds. The summed E-state index contributed by atoms with van der Waals surface area (Å²) in [6, 6.07) is 5.21. The lowest BCUT2D eigenvalue weighted by molar-refractivity contribution is -0.272. The Bertz CT molecular complexity index is 1060. The summed E-state index contributed by atoms with van der Waals surface area (Å²) < 4.78 is 67.6. The third kappa shape index (κ3) is 4.98. The minimum Gasteiger partial charge on any atom is -0.493 e. The van der Waals surface area contributed by atoms with Gasteiger partial charge in [0.05, 0.1) is 30.8 Å². The van der Waals surface area contributed by atoms with Gasteiger partial charge in [-0.2, -0.15) is 13.2 Å². The van der Waals surface area contributed by atoms with Crippen molar-refractivity contribution < 1.29 is 42.0 Å². The van der Waals surface area contributed by atoms with Crippen LogP contribution in [-0.4, -0.2) is 52.2 Å². The molecule has 35 heavy (non-hydrogen) atoms. The van der Waals surface area contributed by atoms with Crippen LogP contribution in [0.15, 0.2) is 30.5 Å². The number of nitrogens with one attached hydrogen (secondary N) is 1. The van der Waals surface area contributed by atoms with E-state index < -0.39 is 54.2 Å². The van der Waals surface area contributed by atoms with Crippen LogP contribution in [0.2, 0.25) is 0 Å². The Morgan fingerprint density at radius 3 is 2.54 bits per heavy atom. The van der Waals surface area contributed by atoms with Gasteiger partial charge in [0.1, 0.15) is 23.8 Å². The number of anilines is 1. The zero-order chi connectivity index (χ0) is 26.1. The molecule has 5 unspecified atom stereocenters. The van der Waals surface area contributed by atoms with Crippen LogP contribution >= 0.6 is 0 Å². The monoisotopic (exact) mass is 500 g/mol. The van der Waals surface area contributed by atoms with E-state index in [0.29, 0.717) is 0 Å². The van der Waals surface area contributed by atoms with Crippen molar-refractivity contribution in [3.63, 3.8) is 0 Å². The van der Waals surface area contributed by atoms with Gasteiger partial charge < -0.3 is 25.0 Å².